The zero-order valence-electron chi connectivity index (χ0n) is 25.4. The molecule has 0 spiro atoms. The molecule has 1 aromatic heterocycles. The van der Waals surface area contributed by atoms with Gasteiger partial charge in [0.05, 0.1) is 28.9 Å². The summed E-state index contributed by atoms with van der Waals surface area (Å²) in [6, 6.07) is 7.78. The molecule has 1 unspecified atom stereocenters. The van der Waals surface area contributed by atoms with Crippen LogP contribution in [0.4, 0.5) is 16.2 Å². The van der Waals surface area contributed by atoms with E-state index in [1.807, 2.05) is 65.8 Å². The van der Waals surface area contributed by atoms with Crippen LogP contribution in [0.5, 0.6) is 0 Å². The average molecular weight is 593 g/mol. The van der Waals surface area contributed by atoms with E-state index < -0.39 is 27.2 Å². The van der Waals surface area contributed by atoms with Crippen molar-refractivity contribution in [3.63, 3.8) is 0 Å². The first kappa shape index (κ1) is 32.9. The zero-order valence-corrected chi connectivity index (χ0v) is 26.3. The van der Waals surface area contributed by atoms with Crippen LogP contribution in [-0.4, -0.2) is 85.6 Å². The first-order chi connectivity index (χ1) is 19.1. The van der Waals surface area contributed by atoms with Gasteiger partial charge in [0.15, 0.2) is 5.69 Å². The number of aliphatic imine (C=N–C) groups is 1. The van der Waals surface area contributed by atoms with Crippen molar-refractivity contribution in [3.8, 4) is 0 Å². The molecule has 0 radical (unpaired) electrons. The van der Waals surface area contributed by atoms with E-state index in [2.05, 4.69) is 9.71 Å². The van der Waals surface area contributed by atoms with Crippen molar-refractivity contribution in [2.75, 3.05) is 39.2 Å². The van der Waals surface area contributed by atoms with Gasteiger partial charge >= 0.3 is 6.09 Å². The number of para-hydroxylation sites is 1. The van der Waals surface area contributed by atoms with Crippen LogP contribution >= 0.6 is 0 Å². The maximum absolute atomic E-state index is 12.3. The second-order valence-corrected chi connectivity index (χ2v) is 13.9. The third-order valence-electron chi connectivity index (χ3n) is 6.90. The number of pyridine rings is 1. The number of carbonyl (C=O) groups is 1. The number of carboxylic acid groups (broad SMARTS) is 1. The third kappa shape index (κ3) is 8.45. The van der Waals surface area contributed by atoms with E-state index in [1.54, 1.807) is 6.20 Å². The molecule has 3 rings (SSSR count). The molecular weight excluding hydrogens is 546 g/mol. The van der Waals surface area contributed by atoms with E-state index in [0.717, 1.165) is 48.5 Å². The topological polar surface area (TPSA) is 130 Å². The Hall–Kier alpha value is -2.64. The lowest BCUT2D eigenvalue weighted by Gasteiger charge is -2.38. The van der Waals surface area contributed by atoms with Gasteiger partial charge in [-0.1, -0.05) is 29.6 Å². The first-order valence-electron chi connectivity index (χ1n) is 14.2. The smallest absolute Gasteiger partial charge is 0.407 e. The summed E-state index contributed by atoms with van der Waals surface area (Å²) in [6.45, 7) is 13.1. The van der Waals surface area contributed by atoms with Gasteiger partial charge in [-0.3, -0.25) is 4.98 Å². The predicted molar refractivity (Wildman–Crippen MR) is 163 cm³/mol. The number of rotatable bonds is 15. The van der Waals surface area contributed by atoms with E-state index in [9.17, 15) is 18.3 Å². The summed E-state index contributed by atoms with van der Waals surface area (Å²) < 4.78 is 33.1. The summed E-state index contributed by atoms with van der Waals surface area (Å²) in [5.74, 6) is 0.630. The molecule has 11 nitrogen and oxygen atoms in total. The number of nitrogens with one attached hydrogen (secondary N) is 1. The molecular formula is C29H46N5O6S+. The van der Waals surface area contributed by atoms with Gasteiger partial charge in [0.2, 0.25) is 15.7 Å². The standard InChI is InChI=1S/C29H45N5O6S/c1-8-39-20-25-31-24-19-30-23-16-12-11-15-22(23)26(24)34(25,21-29(5,6)32-41(7,37)38)40-18-14-10-9-13-17-33(27(35)36)28(2,3)4/h11-12,15-16,19,32H,8-10,13-14,17-18,20-21H2,1-7H3/p+1. The predicted octanol–water partition coefficient (Wildman–Crippen LogP) is 5.22. The molecule has 12 heteroatoms. The highest BCUT2D eigenvalue weighted by molar-refractivity contribution is 7.88. The molecule has 2 heterocycles. The SMILES string of the molecule is CCOCC1=Nc2cnc3ccccc3c2[N+]1(CC(C)(C)NS(C)(=O)=O)OCCCCCCN(C(=O)O)C(C)(C)C. The molecule has 1 aliphatic rings. The molecule has 0 saturated carbocycles. The van der Waals surface area contributed by atoms with Gasteiger partial charge in [-0.25, -0.2) is 17.9 Å². The summed E-state index contributed by atoms with van der Waals surface area (Å²) in [5.41, 5.74) is 0.941. The lowest BCUT2D eigenvalue weighted by Crippen LogP contribution is -2.63. The van der Waals surface area contributed by atoms with Crippen LogP contribution in [0.2, 0.25) is 0 Å². The van der Waals surface area contributed by atoms with Crippen molar-refractivity contribution in [2.45, 2.75) is 78.3 Å². The Morgan fingerprint density at radius 2 is 1.78 bits per heavy atom. The van der Waals surface area contributed by atoms with Gasteiger partial charge in [-0.2, -0.15) is 9.83 Å². The van der Waals surface area contributed by atoms with Crippen LogP contribution < -0.4 is 9.37 Å². The molecule has 0 fully saturated rings. The van der Waals surface area contributed by atoms with E-state index in [1.165, 1.54) is 4.90 Å². The Morgan fingerprint density at radius 1 is 1.10 bits per heavy atom. The fraction of sp³-hybridized carbons (Fsp3) is 0.621. The largest absolute Gasteiger partial charge is 0.465 e. The number of unbranched alkanes of at least 4 members (excludes halogenated alkanes) is 3. The summed E-state index contributed by atoms with van der Waals surface area (Å²) in [5, 5.41) is 10.4. The monoisotopic (exact) mass is 592 g/mol. The molecule has 41 heavy (non-hydrogen) atoms. The molecule has 0 bridgehead atoms. The van der Waals surface area contributed by atoms with Crippen molar-refractivity contribution >= 4 is 44.2 Å². The van der Waals surface area contributed by atoms with Gasteiger partial charge < -0.3 is 14.7 Å². The highest BCUT2D eigenvalue weighted by Crippen LogP contribution is 2.46. The molecule has 2 N–H and O–H groups in total. The second kappa shape index (κ2) is 13.1. The lowest BCUT2D eigenvalue weighted by atomic mass is 10.0. The fourth-order valence-corrected chi connectivity index (χ4v) is 6.43. The first-order valence-corrected chi connectivity index (χ1v) is 16.0. The second-order valence-electron chi connectivity index (χ2n) is 12.2. The highest BCUT2D eigenvalue weighted by atomic mass is 32.2. The minimum absolute atomic E-state index is 0.106. The molecule has 1 atom stereocenters. The van der Waals surface area contributed by atoms with Gasteiger partial charge in [-0.15, -0.1) is 0 Å². The van der Waals surface area contributed by atoms with Crippen LogP contribution in [0.25, 0.3) is 10.9 Å². The van der Waals surface area contributed by atoms with Crippen LogP contribution in [0, 0.1) is 0 Å². The van der Waals surface area contributed by atoms with E-state index in [4.69, 9.17) is 14.6 Å². The number of fused-ring (bicyclic) bond motifs is 3. The molecule has 0 aliphatic carbocycles. The Kier molecular flexibility index (Phi) is 10.5. The summed E-state index contributed by atoms with van der Waals surface area (Å²) >= 11 is 0. The van der Waals surface area contributed by atoms with Crippen LogP contribution in [-0.2, 0) is 19.6 Å². The van der Waals surface area contributed by atoms with E-state index in [-0.39, 0.29) is 17.8 Å². The van der Waals surface area contributed by atoms with Crippen molar-refractivity contribution < 1.29 is 27.9 Å². The molecule has 1 aromatic carbocycles. The Labute approximate surface area is 244 Å². The number of amidine groups is 1. The van der Waals surface area contributed by atoms with Gasteiger partial charge in [-0.05, 0) is 66.5 Å². The number of nitrogens with zero attached hydrogens (tertiary/aromatic N) is 4. The number of sulfonamides is 1. The minimum Gasteiger partial charge on any atom is -0.465 e. The average Bonchev–Trinajstić information content (AvgIpc) is 3.14. The Balaban J connectivity index is 1.87. The van der Waals surface area contributed by atoms with Crippen molar-refractivity contribution in [1.82, 2.24) is 19.3 Å². The lowest BCUT2D eigenvalue weighted by molar-refractivity contribution is -0.102. The summed E-state index contributed by atoms with van der Waals surface area (Å²) in [7, 11) is -3.51. The van der Waals surface area contributed by atoms with Crippen LogP contribution in [0.3, 0.4) is 0 Å². The van der Waals surface area contributed by atoms with E-state index in [0.29, 0.717) is 31.3 Å². The number of hydrogen-bond acceptors (Lipinski definition) is 7. The van der Waals surface area contributed by atoms with Gasteiger partial charge in [0.25, 0.3) is 5.84 Å². The quantitative estimate of drug-likeness (QED) is 0.214. The maximum Gasteiger partial charge on any atom is 0.407 e. The maximum atomic E-state index is 12.3. The Morgan fingerprint density at radius 3 is 2.41 bits per heavy atom. The van der Waals surface area contributed by atoms with Crippen molar-refractivity contribution in [1.29, 1.82) is 0 Å². The molecule has 1 amide bonds. The molecule has 1 aliphatic heterocycles. The molecule has 228 valence electrons. The third-order valence-corrected chi connectivity index (χ3v) is 7.82. The zero-order chi connectivity index (χ0) is 30.5. The van der Waals surface area contributed by atoms with Gasteiger partial charge in [0, 0.05) is 18.7 Å². The van der Waals surface area contributed by atoms with E-state index >= 15 is 0 Å². The number of quaternary nitrogens is 1. The number of ether oxygens (including phenoxy) is 1. The number of benzene rings is 1. The number of hydroxylamine groups is 2. The number of aromatic nitrogens is 1. The summed E-state index contributed by atoms with van der Waals surface area (Å²) in [4.78, 5) is 29.4. The van der Waals surface area contributed by atoms with Crippen molar-refractivity contribution in [3.05, 3.63) is 30.5 Å². The number of hydrogen-bond donors (Lipinski definition) is 2. The molecule has 0 saturated heterocycles. The highest BCUT2D eigenvalue weighted by Gasteiger charge is 2.52. The van der Waals surface area contributed by atoms with Gasteiger partial charge in [0.1, 0.15) is 19.8 Å². The van der Waals surface area contributed by atoms with Crippen molar-refractivity contribution in [2.24, 2.45) is 4.99 Å². The van der Waals surface area contributed by atoms with Crippen LogP contribution in [0.1, 0.15) is 67.2 Å². The minimum atomic E-state index is -3.51. The molecule has 2 aromatic rings. The Bertz CT molecular complexity index is 1360. The number of amides is 1. The fourth-order valence-electron chi connectivity index (χ4n) is 5.37. The summed E-state index contributed by atoms with van der Waals surface area (Å²) in [6.07, 6.45) is 5.17. The van der Waals surface area contributed by atoms with Crippen LogP contribution in [0.15, 0.2) is 35.5 Å². The normalized spacial score (nSPS) is 17.5.